The van der Waals surface area contributed by atoms with E-state index in [4.69, 9.17) is 4.74 Å². The summed E-state index contributed by atoms with van der Waals surface area (Å²) in [4.78, 5) is 25.9. The average molecular weight is 368 g/mol. The summed E-state index contributed by atoms with van der Waals surface area (Å²) in [6.45, 7) is 6.48. The molecule has 0 saturated heterocycles. The topological polar surface area (TPSA) is 58.6 Å². The normalized spacial score (nSPS) is 10.4. The van der Waals surface area contributed by atoms with Gasteiger partial charge in [-0.05, 0) is 62.1 Å². The maximum atomic E-state index is 12.2. The van der Waals surface area contributed by atoms with Crippen molar-refractivity contribution < 1.29 is 14.3 Å². The molecule has 0 spiro atoms. The van der Waals surface area contributed by atoms with Crippen molar-refractivity contribution in [1.82, 2.24) is 4.90 Å². The van der Waals surface area contributed by atoms with Crippen molar-refractivity contribution in [1.29, 1.82) is 0 Å². The molecule has 0 saturated carbocycles. The Balaban J connectivity index is 1.73. The highest BCUT2D eigenvalue weighted by molar-refractivity contribution is 5.95. The van der Waals surface area contributed by atoms with Crippen molar-refractivity contribution in [2.75, 3.05) is 25.5 Å². The van der Waals surface area contributed by atoms with E-state index in [0.29, 0.717) is 19.4 Å². The molecule has 0 aliphatic rings. The molecule has 0 heterocycles. The number of anilines is 1. The third-order valence-electron chi connectivity index (χ3n) is 4.48. The van der Waals surface area contributed by atoms with Crippen LogP contribution in [0.5, 0.6) is 5.75 Å². The molecule has 144 valence electrons. The summed E-state index contributed by atoms with van der Waals surface area (Å²) in [7, 11) is 1.65. The third kappa shape index (κ3) is 6.44. The number of nitrogens with one attached hydrogen (secondary N) is 1. The SMILES string of the molecule is Cc1cccc(OCCCC(=O)N(C)CC(=O)Nc2cccc(C)c2C)c1. The zero-order valence-electron chi connectivity index (χ0n) is 16.5. The molecule has 5 heteroatoms. The molecule has 0 aliphatic carbocycles. The summed E-state index contributed by atoms with van der Waals surface area (Å²) < 4.78 is 5.65. The summed E-state index contributed by atoms with van der Waals surface area (Å²) in [6, 6.07) is 13.6. The van der Waals surface area contributed by atoms with E-state index in [1.54, 1.807) is 7.05 Å². The van der Waals surface area contributed by atoms with Gasteiger partial charge in [0.25, 0.3) is 0 Å². The highest BCUT2D eigenvalue weighted by Crippen LogP contribution is 2.18. The van der Waals surface area contributed by atoms with Crippen LogP contribution in [0.3, 0.4) is 0 Å². The number of likely N-dealkylation sites (N-methyl/N-ethyl adjacent to an activating group) is 1. The van der Waals surface area contributed by atoms with E-state index in [1.165, 1.54) is 4.90 Å². The van der Waals surface area contributed by atoms with E-state index in [2.05, 4.69) is 5.32 Å². The summed E-state index contributed by atoms with van der Waals surface area (Å²) in [5, 5.41) is 2.87. The van der Waals surface area contributed by atoms with Gasteiger partial charge in [-0.3, -0.25) is 9.59 Å². The van der Waals surface area contributed by atoms with Crippen LogP contribution in [-0.4, -0.2) is 36.9 Å². The number of hydrogen-bond donors (Lipinski definition) is 1. The van der Waals surface area contributed by atoms with Crippen LogP contribution in [0.1, 0.15) is 29.5 Å². The lowest BCUT2D eigenvalue weighted by Gasteiger charge is -2.18. The molecular formula is C22H28N2O3. The van der Waals surface area contributed by atoms with Gasteiger partial charge >= 0.3 is 0 Å². The fourth-order valence-corrected chi connectivity index (χ4v) is 2.69. The number of carbonyl (C=O) groups excluding carboxylic acids is 2. The predicted octanol–water partition coefficient (Wildman–Crippen LogP) is 3.87. The summed E-state index contributed by atoms with van der Waals surface area (Å²) in [6.07, 6.45) is 0.953. The van der Waals surface area contributed by atoms with Crippen molar-refractivity contribution in [2.45, 2.75) is 33.6 Å². The minimum atomic E-state index is -0.199. The van der Waals surface area contributed by atoms with Crippen molar-refractivity contribution in [3.05, 3.63) is 59.2 Å². The minimum Gasteiger partial charge on any atom is -0.494 e. The molecule has 0 unspecified atom stereocenters. The van der Waals surface area contributed by atoms with Crippen LogP contribution in [0.4, 0.5) is 5.69 Å². The lowest BCUT2D eigenvalue weighted by molar-refractivity contribution is -0.133. The molecule has 2 aromatic carbocycles. The molecule has 5 nitrogen and oxygen atoms in total. The van der Waals surface area contributed by atoms with Gasteiger partial charge < -0.3 is 15.0 Å². The second kappa shape index (κ2) is 9.76. The van der Waals surface area contributed by atoms with Gasteiger partial charge in [0.2, 0.25) is 11.8 Å². The standard InChI is InChI=1S/C22H28N2O3/c1-16-8-5-10-19(14-16)27-13-7-12-22(26)24(4)15-21(25)23-20-11-6-9-17(2)18(20)3/h5-6,8-11,14H,7,12-13,15H2,1-4H3,(H,23,25). The first-order valence-electron chi connectivity index (χ1n) is 9.16. The van der Waals surface area contributed by atoms with Gasteiger partial charge in [0.05, 0.1) is 13.2 Å². The van der Waals surface area contributed by atoms with Crippen LogP contribution >= 0.6 is 0 Å². The van der Waals surface area contributed by atoms with Crippen molar-refractivity contribution in [2.24, 2.45) is 0 Å². The third-order valence-corrected chi connectivity index (χ3v) is 4.48. The first kappa shape index (κ1) is 20.5. The van der Waals surface area contributed by atoms with Gasteiger partial charge in [0, 0.05) is 19.2 Å². The van der Waals surface area contributed by atoms with E-state index < -0.39 is 0 Å². The predicted molar refractivity (Wildman–Crippen MR) is 108 cm³/mol. The second-order valence-corrected chi connectivity index (χ2v) is 6.81. The van der Waals surface area contributed by atoms with E-state index >= 15 is 0 Å². The van der Waals surface area contributed by atoms with E-state index in [0.717, 1.165) is 28.1 Å². The lowest BCUT2D eigenvalue weighted by Crippen LogP contribution is -2.35. The quantitative estimate of drug-likeness (QED) is 0.720. The van der Waals surface area contributed by atoms with Crippen LogP contribution in [0.2, 0.25) is 0 Å². The minimum absolute atomic E-state index is 0.0327. The molecule has 1 N–H and O–H groups in total. The Bertz CT molecular complexity index is 802. The first-order chi connectivity index (χ1) is 12.9. The van der Waals surface area contributed by atoms with Crippen LogP contribution in [-0.2, 0) is 9.59 Å². The molecular weight excluding hydrogens is 340 g/mol. The smallest absolute Gasteiger partial charge is 0.243 e. The van der Waals surface area contributed by atoms with Gasteiger partial charge in [-0.15, -0.1) is 0 Å². The average Bonchev–Trinajstić information content (AvgIpc) is 2.62. The number of benzene rings is 2. The number of aryl methyl sites for hydroxylation is 2. The zero-order chi connectivity index (χ0) is 19.8. The lowest BCUT2D eigenvalue weighted by atomic mass is 10.1. The Morgan fingerprint density at radius 2 is 1.81 bits per heavy atom. The number of nitrogens with zero attached hydrogens (tertiary/aromatic N) is 1. The molecule has 0 fully saturated rings. The van der Waals surface area contributed by atoms with E-state index in [-0.39, 0.29) is 18.4 Å². The van der Waals surface area contributed by atoms with E-state index in [9.17, 15) is 9.59 Å². The number of hydrogen-bond acceptors (Lipinski definition) is 3. The van der Waals surface area contributed by atoms with Gasteiger partial charge in [0.15, 0.2) is 0 Å². The Labute approximate surface area is 161 Å². The Morgan fingerprint density at radius 3 is 2.56 bits per heavy atom. The van der Waals surface area contributed by atoms with Crippen LogP contribution in [0, 0.1) is 20.8 Å². The number of ether oxygens (including phenoxy) is 1. The molecule has 2 amide bonds. The largest absolute Gasteiger partial charge is 0.494 e. The van der Waals surface area contributed by atoms with Gasteiger partial charge in [-0.1, -0.05) is 24.3 Å². The second-order valence-electron chi connectivity index (χ2n) is 6.81. The number of rotatable bonds is 8. The fourth-order valence-electron chi connectivity index (χ4n) is 2.69. The molecule has 0 radical (unpaired) electrons. The van der Waals surface area contributed by atoms with Gasteiger partial charge in [-0.2, -0.15) is 0 Å². The molecule has 2 rings (SSSR count). The fraction of sp³-hybridized carbons (Fsp3) is 0.364. The maximum absolute atomic E-state index is 12.2. The van der Waals surface area contributed by atoms with Crippen LogP contribution in [0.25, 0.3) is 0 Å². The Hall–Kier alpha value is -2.82. The summed E-state index contributed by atoms with van der Waals surface area (Å²) in [5.41, 5.74) is 4.07. The van der Waals surface area contributed by atoms with Crippen molar-refractivity contribution >= 4 is 17.5 Å². The molecule has 0 atom stereocenters. The van der Waals surface area contributed by atoms with Crippen molar-refractivity contribution in [3.63, 3.8) is 0 Å². The molecule has 27 heavy (non-hydrogen) atoms. The van der Waals surface area contributed by atoms with Crippen molar-refractivity contribution in [3.8, 4) is 5.75 Å². The number of amides is 2. The molecule has 0 aliphatic heterocycles. The summed E-state index contributed by atoms with van der Waals surface area (Å²) in [5.74, 6) is 0.540. The summed E-state index contributed by atoms with van der Waals surface area (Å²) >= 11 is 0. The molecule has 2 aromatic rings. The van der Waals surface area contributed by atoms with Gasteiger partial charge in [-0.25, -0.2) is 0 Å². The number of carbonyl (C=O) groups is 2. The first-order valence-corrected chi connectivity index (χ1v) is 9.16. The highest BCUT2D eigenvalue weighted by Gasteiger charge is 2.14. The zero-order valence-corrected chi connectivity index (χ0v) is 16.5. The van der Waals surface area contributed by atoms with Gasteiger partial charge in [0.1, 0.15) is 5.75 Å². The highest BCUT2D eigenvalue weighted by atomic mass is 16.5. The van der Waals surface area contributed by atoms with Crippen LogP contribution in [0.15, 0.2) is 42.5 Å². The Kier molecular flexibility index (Phi) is 7.41. The Morgan fingerprint density at radius 1 is 1.07 bits per heavy atom. The monoisotopic (exact) mass is 368 g/mol. The van der Waals surface area contributed by atoms with Crippen LogP contribution < -0.4 is 10.1 Å². The molecule has 0 aromatic heterocycles. The maximum Gasteiger partial charge on any atom is 0.243 e. The van der Waals surface area contributed by atoms with E-state index in [1.807, 2.05) is 63.2 Å². The molecule has 0 bridgehead atoms.